The average Bonchev–Trinajstić information content (AvgIpc) is 2.65. The van der Waals surface area contributed by atoms with Crippen LogP contribution in [-0.4, -0.2) is 30.7 Å². The van der Waals surface area contributed by atoms with E-state index in [0.717, 1.165) is 10.0 Å². The quantitative estimate of drug-likeness (QED) is 0.370. The van der Waals surface area contributed by atoms with Gasteiger partial charge in [-0.2, -0.15) is 0 Å². The van der Waals surface area contributed by atoms with E-state index >= 15 is 0 Å². The third-order valence-corrected chi connectivity index (χ3v) is 5.55. The lowest BCUT2D eigenvalue weighted by Gasteiger charge is -2.26. The van der Waals surface area contributed by atoms with Gasteiger partial charge in [0.1, 0.15) is 11.3 Å². The number of rotatable bonds is 7. The summed E-state index contributed by atoms with van der Waals surface area (Å²) in [6.07, 6.45) is 1.82. The lowest BCUT2D eigenvalue weighted by atomic mass is 9.84. The molecule has 2 aromatic rings. The van der Waals surface area contributed by atoms with Gasteiger partial charge in [-0.3, -0.25) is 14.9 Å². The third-order valence-electron chi connectivity index (χ3n) is 4.26. The number of carbonyl (C=O) groups is 1. The number of amides is 1. The van der Waals surface area contributed by atoms with Crippen molar-refractivity contribution in [3.05, 3.63) is 62.1 Å². The Morgan fingerprint density at radius 3 is 2.44 bits per heavy atom. The smallest absolute Gasteiger partial charge is 0.285 e. The van der Waals surface area contributed by atoms with Crippen LogP contribution in [0, 0.1) is 10.1 Å². The minimum Gasteiger partial charge on any atom is -0.495 e. The fourth-order valence-corrected chi connectivity index (χ4v) is 3.44. The van der Waals surface area contributed by atoms with Crippen LogP contribution >= 0.6 is 27.7 Å². The Morgan fingerprint density at radius 1 is 1.30 bits per heavy atom. The number of nitrogens with one attached hydrogen (secondary N) is 1. The van der Waals surface area contributed by atoms with Crippen LogP contribution in [0.2, 0.25) is 0 Å². The highest BCUT2D eigenvalue weighted by atomic mass is 79.9. The molecule has 0 aliphatic heterocycles. The number of nitrogens with zero attached hydrogens (tertiary/aromatic N) is 1. The topological polar surface area (TPSA) is 81.5 Å². The summed E-state index contributed by atoms with van der Waals surface area (Å²) in [5.41, 5.74) is 0.473. The molecule has 0 heterocycles. The summed E-state index contributed by atoms with van der Waals surface area (Å²) in [5, 5.41) is 14.2. The number of carbonyl (C=O) groups excluding carboxylic acids is 1. The highest BCUT2D eigenvalue weighted by molar-refractivity contribution is 9.10. The van der Waals surface area contributed by atoms with E-state index in [1.54, 1.807) is 0 Å². The molecule has 0 aromatic heterocycles. The van der Waals surface area contributed by atoms with Crippen LogP contribution in [0.15, 0.2) is 45.8 Å². The molecule has 0 fully saturated rings. The molecular formula is C19H21BrN2O4S. The average molecular weight is 453 g/mol. The summed E-state index contributed by atoms with van der Waals surface area (Å²) in [7, 11) is 1.44. The van der Waals surface area contributed by atoms with E-state index in [2.05, 4.69) is 21.2 Å². The maximum absolute atomic E-state index is 12.7. The first-order valence-corrected chi connectivity index (χ1v) is 10.2. The molecule has 0 saturated carbocycles. The molecule has 144 valence electrons. The fourth-order valence-electron chi connectivity index (χ4n) is 2.60. The Bertz CT molecular complexity index is 854. The van der Waals surface area contributed by atoms with Crippen LogP contribution in [0.25, 0.3) is 0 Å². The van der Waals surface area contributed by atoms with E-state index in [1.165, 1.54) is 31.0 Å². The molecule has 0 radical (unpaired) electrons. The molecule has 27 heavy (non-hydrogen) atoms. The molecule has 8 heteroatoms. The van der Waals surface area contributed by atoms with Crippen LogP contribution in [0.4, 0.5) is 5.69 Å². The zero-order valence-corrected chi connectivity index (χ0v) is 17.9. The number of nitro groups is 1. The van der Waals surface area contributed by atoms with Crippen molar-refractivity contribution in [2.45, 2.75) is 24.2 Å². The van der Waals surface area contributed by atoms with Crippen molar-refractivity contribution >= 4 is 39.3 Å². The van der Waals surface area contributed by atoms with Crippen molar-refractivity contribution in [1.29, 1.82) is 0 Å². The van der Waals surface area contributed by atoms with Crippen molar-refractivity contribution in [2.24, 2.45) is 0 Å². The van der Waals surface area contributed by atoms with Crippen LogP contribution in [-0.2, 0) is 5.41 Å². The van der Waals surface area contributed by atoms with Crippen molar-refractivity contribution in [1.82, 2.24) is 5.32 Å². The van der Waals surface area contributed by atoms with Crippen LogP contribution < -0.4 is 10.1 Å². The molecular weight excluding hydrogens is 432 g/mol. The number of ether oxygens (including phenoxy) is 1. The molecule has 6 nitrogen and oxygen atoms in total. The normalized spacial score (nSPS) is 11.1. The lowest BCUT2D eigenvalue weighted by Crippen LogP contribution is -2.37. The van der Waals surface area contributed by atoms with Gasteiger partial charge in [0.2, 0.25) is 0 Å². The second kappa shape index (κ2) is 8.75. The molecule has 0 unspecified atom stereocenters. The number of halogens is 1. The van der Waals surface area contributed by atoms with Gasteiger partial charge in [0.05, 0.1) is 23.0 Å². The van der Waals surface area contributed by atoms with E-state index in [9.17, 15) is 14.9 Å². The van der Waals surface area contributed by atoms with Gasteiger partial charge in [0.15, 0.2) is 0 Å². The summed E-state index contributed by atoms with van der Waals surface area (Å²) in [4.78, 5) is 24.2. The summed E-state index contributed by atoms with van der Waals surface area (Å²) in [6.45, 7) is 4.35. The summed E-state index contributed by atoms with van der Waals surface area (Å²) in [5.74, 6) is -0.106. The van der Waals surface area contributed by atoms with Gasteiger partial charge in [0, 0.05) is 16.4 Å². The van der Waals surface area contributed by atoms with Gasteiger partial charge in [-0.05, 0) is 30.0 Å². The van der Waals surface area contributed by atoms with E-state index in [-0.39, 0.29) is 16.7 Å². The molecule has 2 aromatic carbocycles. The Balaban J connectivity index is 2.27. The minimum absolute atomic E-state index is 0.0248. The molecule has 0 spiro atoms. The van der Waals surface area contributed by atoms with Crippen molar-refractivity contribution in [2.75, 3.05) is 19.9 Å². The summed E-state index contributed by atoms with van der Waals surface area (Å²) in [6, 6.07) is 10.6. The second-order valence-corrected chi connectivity index (χ2v) is 8.32. The number of thioether (sulfide) groups is 1. The van der Waals surface area contributed by atoms with Gasteiger partial charge in [0.25, 0.3) is 11.6 Å². The largest absolute Gasteiger partial charge is 0.495 e. The van der Waals surface area contributed by atoms with E-state index < -0.39 is 10.8 Å². The standard InChI is InChI=1S/C19H21BrN2O4S/c1-19(2,12-5-7-13(20)8-6-12)11-21-18(23)14-9-17(27-4)16(26-3)10-15(14)22(24)25/h5-10H,11H2,1-4H3,(H,21,23). The lowest BCUT2D eigenvalue weighted by molar-refractivity contribution is -0.385. The Kier molecular flexibility index (Phi) is 6.89. The third kappa shape index (κ3) is 5.01. The minimum atomic E-state index is -0.568. The first kappa shape index (κ1) is 21.2. The number of methoxy groups -OCH3 is 1. The maximum atomic E-state index is 12.7. The van der Waals surface area contributed by atoms with Gasteiger partial charge in [-0.25, -0.2) is 0 Å². The van der Waals surface area contributed by atoms with Crippen molar-refractivity contribution in [3.63, 3.8) is 0 Å². The van der Waals surface area contributed by atoms with E-state index in [0.29, 0.717) is 17.2 Å². The van der Waals surface area contributed by atoms with Gasteiger partial charge in [-0.15, -0.1) is 11.8 Å². The van der Waals surface area contributed by atoms with Crippen LogP contribution in [0.1, 0.15) is 29.8 Å². The van der Waals surface area contributed by atoms with Crippen LogP contribution in [0.3, 0.4) is 0 Å². The number of hydrogen-bond donors (Lipinski definition) is 1. The number of hydrogen-bond acceptors (Lipinski definition) is 5. The van der Waals surface area contributed by atoms with Gasteiger partial charge < -0.3 is 10.1 Å². The zero-order valence-electron chi connectivity index (χ0n) is 15.5. The van der Waals surface area contributed by atoms with Crippen molar-refractivity contribution in [3.8, 4) is 5.75 Å². The Hall–Kier alpha value is -2.06. The fraction of sp³-hybridized carbons (Fsp3) is 0.316. The second-order valence-electron chi connectivity index (χ2n) is 6.55. The Morgan fingerprint density at radius 2 is 1.93 bits per heavy atom. The first-order chi connectivity index (χ1) is 12.7. The summed E-state index contributed by atoms with van der Waals surface area (Å²) >= 11 is 4.77. The number of nitro benzene ring substituents is 1. The SMILES string of the molecule is COc1cc([N+](=O)[O-])c(C(=O)NCC(C)(C)c2ccc(Br)cc2)cc1SC. The Labute approximate surface area is 171 Å². The first-order valence-electron chi connectivity index (χ1n) is 8.14. The van der Waals surface area contributed by atoms with Crippen LogP contribution in [0.5, 0.6) is 5.75 Å². The highest BCUT2D eigenvalue weighted by Gasteiger charge is 2.26. The van der Waals surface area contributed by atoms with E-state index in [4.69, 9.17) is 4.74 Å². The predicted molar refractivity (Wildman–Crippen MR) is 111 cm³/mol. The molecule has 2 rings (SSSR count). The van der Waals surface area contributed by atoms with Gasteiger partial charge >= 0.3 is 0 Å². The molecule has 1 N–H and O–H groups in total. The summed E-state index contributed by atoms with van der Waals surface area (Å²) < 4.78 is 6.16. The number of benzene rings is 2. The predicted octanol–water partition coefficient (Wildman–Crippen LogP) is 4.80. The molecule has 0 saturated heterocycles. The molecule has 0 aliphatic rings. The molecule has 0 aliphatic carbocycles. The zero-order chi connectivity index (χ0) is 20.2. The molecule has 0 atom stereocenters. The molecule has 0 bridgehead atoms. The maximum Gasteiger partial charge on any atom is 0.285 e. The molecule has 1 amide bonds. The van der Waals surface area contributed by atoms with E-state index in [1.807, 2.05) is 44.4 Å². The monoisotopic (exact) mass is 452 g/mol. The van der Waals surface area contributed by atoms with Crippen molar-refractivity contribution < 1.29 is 14.5 Å². The highest BCUT2D eigenvalue weighted by Crippen LogP contribution is 2.34. The van der Waals surface area contributed by atoms with Gasteiger partial charge in [-0.1, -0.05) is 41.9 Å².